The van der Waals surface area contributed by atoms with Gasteiger partial charge in [-0.25, -0.2) is 0 Å². The number of aromatic hydroxyl groups is 1. The van der Waals surface area contributed by atoms with Gasteiger partial charge in [-0.15, -0.1) is 0 Å². The Balaban J connectivity index is 1.83. The predicted octanol–water partition coefficient (Wildman–Crippen LogP) is 4.40. The lowest BCUT2D eigenvalue weighted by Crippen LogP contribution is -2.15. The van der Waals surface area contributed by atoms with Crippen molar-refractivity contribution >= 4 is 28.1 Å². The number of anilines is 2. The summed E-state index contributed by atoms with van der Waals surface area (Å²) in [5.74, 6) is 0.196. The number of nitrogens with zero attached hydrogens (tertiary/aromatic N) is 1. The molecule has 1 amide bonds. The molecule has 0 aliphatic rings. The standard InChI is InChI=1S/C22H19N3O3/c1-2-28-21-12-4-3-9-19(21)24-14-15(13-23)22(27)25-18-10-5-8-17-16(18)7-6-11-20(17)26/h3-12,14,24,26H,2H2,1H3,(H,25,27)/b15-14-. The molecule has 0 aliphatic carbocycles. The Kier molecular flexibility index (Phi) is 5.78. The smallest absolute Gasteiger partial charge is 0.267 e. The summed E-state index contributed by atoms with van der Waals surface area (Å²) in [6.45, 7) is 2.38. The van der Waals surface area contributed by atoms with Crippen molar-refractivity contribution in [2.75, 3.05) is 17.2 Å². The van der Waals surface area contributed by atoms with Gasteiger partial charge in [0.25, 0.3) is 5.91 Å². The molecule has 0 fully saturated rings. The lowest BCUT2D eigenvalue weighted by Gasteiger charge is -2.11. The predicted molar refractivity (Wildman–Crippen MR) is 109 cm³/mol. The van der Waals surface area contributed by atoms with E-state index in [1.54, 1.807) is 48.5 Å². The largest absolute Gasteiger partial charge is 0.507 e. The summed E-state index contributed by atoms with van der Waals surface area (Å²) in [6, 6.07) is 19.4. The number of phenolic OH excluding ortho intramolecular Hbond substituents is 1. The minimum Gasteiger partial charge on any atom is -0.507 e. The molecule has 0 atom stereocenters. The molecule has 3 N–H and O–H groups in total. The van der Waals surface area contributed by atoms with E-state index in [0.717, 1.165) is 0 Å². The molecule has 0 saturated heterocycles. The van der Waals surface area contributed by atoms with Crippen LogP contribution >= 0.6 is 0 Å². The molecule has 6 heteroatoms. The van der Waals surface area contributed by atoms with Crippen LogP contribution in [0.2, 0.25) is 0 Å². The normalized spacial score (nSPS) is 10.9. The van der Waals surface area contributed by atoms with Crippen LogP contribution in [0.4, 0.5) is 11.4 Å². The van der Waals surface area contributed by atoms with Gasteiger partial charge in [0.1, 0.15) is 23.1 Å². The molecule has 6 nitrogen and oxygen atoms in total. The Labute approximate surface area is 162 Å². The maximum atomic E-state index is 12.6. The number of carbonyl (C=O) groups is 1. The van der Waals surface area contributed by atoms with Gasteiger partial charge in [-0.1, -0.05) is 36.4 Å². The van der Waals surface area contributed by atoms with Crippen LogP contribution in [-0.4, -0.2) is 17.6 Å². The highest BCUT2D eigenvalue weighted by molar-refractivity contribution is 6.11. The monoisotopic (exact) mass is 373 g/mol. The molecule has 0 unspecified atom stereocenters. The summed E-state index contributed by atoms with van der Waals surface area (Å²) in [5.41, 5.74) is 1.07. The Morgan fingerprint density at radius 3 is 2.57 bits per heavy atom. The quantitative estimate of drug-likeness (QED) is 0.440. The lowest BCUT2D eigenvalue weighted by molar-refractivity contribution is -0.112. The van der Waals surface area contributed by atoms with Gasteiger partial charge in [0.2, 0.25) is 0 Å². The summed E-state index contributed by atoms with van der Waals surface area (Å²) in [6.07, 6.45) is 1.34. The van der Waals surface area contributed by atoms with E-state index < -0.39 is 5.91 Å². The van der Waals surface area contributed by atoms with Crippen molar-refractivity contribution in [3.63, 3.8) is 0 Å². The average molecular weight is 373 g/mol. The molecule has 0 spiro atoms. The van der Waals surface area contributed by atoms with E-state index in [-0.39, 0.29) is 11.3 Å². The maximum Gasteiger partial charge on any atom is 0.267 e. The zero-order chi connectivity index (χ0) is 19.9. The number of phenols is 1. The number of para-hydroxylation sites is 2. The van der Waals surface area contributed by atoms with Crippen LogP contribution < -0.4 is 15.4 Å². The van der Waals surface area contributed by atoms with E-state index in [4.69, 9.17) is 4.74 Å². The number of hydrogen-bond donors (Lipinski definition) is 3. The fourth-order valence-corrected chi connectivity index (χ4v) is 2.76. The minimum atomic E-state index is -0.556. The van der Waals surface area contributed by atoms with Crippen molar-refractivity contribution in [3.05, 3.63) is 72.4 Å². The third-order valence-electron chi connectivity index (χ3n) is 4.07. The fourth-order valence-electron chi connectivity index (χ4n) is 2.76. The second-order valence-corrected chi connectivity index (χ2v) is 5.88. The molecule has 0 aliphatic heterocycles. The highest BCUT2D eigenvalue weighted by Crippen LogP contribution is 2.30. The zero-order valence-electron chi connectivity index (χ0n) is 15.3. The van der Waals surface area contributed by atoms with Crippen molar-refractivity contribution in [1.29, 1.82) is 5.26 Å². The molecule has 3 aromatic carbocycles. The van der Waals surface area contributed by atoms with Crippen molar-refractivity contribution in [2.24, 2.45) is 0 Å². The molecule has 0 saturated carbocycles. The second kappa shape index (κ2) is 8.60. The van der Waals surface area contributed by atoms with Crippen molar-refractivity contribution in [1.82, 2.24) is 0 Å². The molecule has 3 aromatic rings. The van der Waals surface area contributed by atoms with E-state index in [0.29, 0.717) is 34.5 Å². The van der Waals surface area contributed by atoms with Gasteiger partial charge in [-0.3, -0.25) is 4.79 Å². The van der Waals surface area contributed by atoms with Crippen molar-refractivity contribution < 1.29 is 14.6 Å². The number of amides is 1. The van der Waals surface area contributed by atoms with Gasteiger partial charge in [0.05, 0.1) is 12.3 Å². The molecule has 0 radical (unpaired) electrons. The third-order valence-corrected chi connectivity index (χ3v) is 4.07. The maximum absolute atomic E-state index is 12.6. The minimum absolute atomic E-state index is 0.0940. The number of hydrogen-bond acceptors (Lipinski definition) is 5. The summed E-state index contributed by atoms with van der Waals surface area (Å²) < 4.78 is 5.52. The van der Waals surface area contributed by atoms with Crippen molar-refractivity contribution in [3.8, 4) is 17.6 Å². The van der Waals surface area contributed by atoms with Crippen LogP contribution in [0, 0.1) is 11.3 Å². The molecule has 28 heavy (non-hydrogen) atoms. The summed E-state index contributed by atoms with van der Waals surface area (Å²) in [7, 11) is 0. The summed E-state index contributed by atoms with van der Waals surface area (Å²) in [5, 5.41) is 26.3. The highest BCUT2D eigenvalue weighted by atomic mass is 16.5. The Bertz CT molecular complexity index is 1080. The Hall–Kier alpha value is -3.98. The highest BCUT2D eigenvalue weighted by Gasteiger charge is 2.12. The number of fused-ring (bicyclic) bond motifs is 1. The van der Waals surface area contributed by atoms with Gasteiger partial charge >= 0.3 is 0 Å². The molecule has 140 valence electrons. The molecular formula is C22H19N3O3. The average Bonchev–Trinajstić information content (AvgIpc) is 2.70. The van der Waals surface area contributed by atoms with Gasteiger partial charge in [-0.05, 0) is 31.2 Å². The number of rotatable bonds is 6. The van der Waals surface area contributed by atoms with Gasteiger partial charge < -0.3 is 20.5 Å². The van der Waals surface area contributed by atoms with Gasteiger partial charge in [0, 0.05) is 22.7 Å². The third kappa shape index (κ3) is 4.05. The number of ether oxygens (including phenoxy) is 1. The number of nitrogens with one attached hydrogen (secondary N) is 2. The van der Waals surface area contributed by atoms with E-state index in [2.05, 4.69) is 10.6 Å². The van der Waals surface area contributed by atoms with Crippen molar-refractivity contribution in [2.45, 2.75) is 6.92 Å². The van der Waals surface area contributed by atoms with E-state index in [9.17, 15) is 15.2 Å². The first kappa shape index (κ1) is 18.8. The number of benzene rings is 3. The van der Waals surface area contributed by atoms with E-state index in [1.165, 1.54) is 6.20 Å². The molecule has 3 rings (SSSR count). The van der Waals surface area contributed by atoms with Crippen LogP contribution in [0.3, 0.4) is 0 Å². The molecular weight excluding hydrogens is 354 g/mol. The van der Waals surface area contributed by atoms with Crippen LogP contribution in [0.5, 0.6) is 11.5 Å². The van der Waals surface area contributed by atoms with Gasteiger partial charge in [-0.2, -0.15) is 5.26 Å². The lowest BCUT2D eigenvalue weighted by atomic mass is 10.1. The number of nitriles is 1. The summed E-state index contributed by atoms with van der Waals surface area (Å²) in [4.78, 5) is 12.6. The van der Waals surface area contributed by atoms with E-state index >= 15 is 0 Å². The Morgan fingerprint density at radius 1 is 1.07 bits per heavy atom. The second-order valence-electron chi connectivity index (χ2n) is 5.88. The molecule has 0 heterocycles. The zero-order valence-corrected chi connectivity index (χ0v) is 15.3. The van der Waals surface area contributed by atoms with Crippen LogP contribution in [-0.2, 0) is 4.79 Å². The van der Waals surface area contributed by atoms with Crippen LogP contribution in [0.25, 0.3) is 10.8 Å². The molecule has 0 bridgehead atoms. The number of carbonyl (C=O) groups excluding carboxylic acids is 1. The first-order valence-corrected chi connectivity index (χ1v) is 8.74. The van der Waals surface area contributed by atoms with Gasteiger partial charge in [0.15, 0.2) is 0 Å². The van der Waals surface area contributed by atoms with Crippen LogP contribution in [0.1, 0.15) is 6.92 Å². The molecule has 0 aromatic heterocycles. The first-order chi connectivity index (χ1) is 13.6. The fraction of sp³-hybridized carbons (Fsp3) is 0.0909. The topological polar surface area (TPSA) is 94.4 Å². The SMILES string of the molecule is CCOc1ccccc1N/C=C(/C#N)C(=O)Nc1cccc2c(O)cccc12. The summed E-state index contributed by atoms with van der Waals surface area (Å²) >= 11 is 0. The Morgan fingerprint density at radius 2 is 1.79 bits per heavy atom. The van der Waals surface area contributed by atoms with E-state index in [1.807, 2.05) is 25.1 Å². The van der Waals surface area contributed by atoms with Crippen LogP contribution in [0.15, 0.2) is 72.4 Å². The first-order valence-electron chi connectivity index (χ1n) is 8.74.